The molecular formula is C46H44F3N9O4. The van der Waals surface area contributed by atoms with E-state index in [4.69, 9.17) is 0 Å². The molecule has 16 heteroatoms. The maximum atomic E-state index is 14.6. The SMILES string of the molecule is Cc1ccc(C(=O)Nc2ccc(N3CCN(C4CCN(Cc5cccc6c5CN(C5CCC(=O)NC5=O)C6=O)CC4)CC3)c(C(F)(F)F)c2)cc1C#Cc1cnc2cccnn12. The Morgan fingerprint density at radius 1 is 0.919 bits per heavy atom. The minimum absolute atomic E-state index is 0.0418. The van der Waals surface area contributed by atoms with Gasteiger partial charge in [-0.15, -0.1) is 0 Å². The van der Waals surface area contributed by atoms with Crippen LogP contribution in [0.4, 0.5) is 24.5 Å². The predicted molar refractivity (Wildman–Crippen MR) is 224 cm³/mol. The van der Waals surface area contributed by atoms with Crippen molar-refractivity contribution in [3.8, 4) is 11.8 Å². The van der Waals surface area contributed by atoms with E-state index in [1.165, 1.54) is 12.1 Å². The Morgan fingerprint density at radius 2 is 1.73 bits per heavy atom. The van der Waals surface area contributed by atoms with Gasteiger partial charge < -0.3 is 15.1 Å². The Kier molecular flexibility index (Phi) is 11.0. The molecule has 0 bridgehead atoms. The Balaban J connectivity index is 0.799. The second-order valence-corrected chi connectivity index (χ2v) is 16.3. The number of rotatable bonds is 7. The molecule has 5 aromatic rings. The minimum Gasteiger partial charge on any atom is -0.368 e. The van der Waals surface area contributed by atoms with Crippen molar-refractivity contribution >= 4 is 40.7 Å². The largest absolute Gasteiger partial charge is 0.418 e. The van der Waals surface area contributed by atoms with Gasteiger partial charge in [-0.25, -0.2) is 9.50 Å². The summed E-state index contributed by atoms with van der Waals surface area (Å²) < 4.78 is 45.4. The maximum Gasteiger partial charge on any atom is 0.418 e. The van der Waals surface area contributed by atoms with Crippen molar-refractivity contribution in [3.05, 3.63) is 124 Å². The molecule has 0 saturated carbocycles. The predicted octanol–water partition coefficient (Wildman–Crippen LogP) is 5.26. The van der Waals surface area contributed by atoms with E-state index < -0.39 is 29.6 Å². The number of piperazine rings is 1. The van der Waals surface area contributed by atoms with E-state index in [-0.39, 0.29) is 35.2 Å². The number of likely N-dealkylation sites (tertiary alicyclic amines) is 1. The Morgan fingerprint density at radius 3 is 2.50 bits per heavy atom. The zero-order chi connectivity index (χ0) is 43.1. The number of hydrogen-bond acceptors (Lipinski definition) is 9. The van der Waals surface area contributed by atoms with Crippen LogP contribution in [0.2, 0.25) is 0 Å². The number of fused-ring (bicyclic) bond motifs is 2. The van der Waals surface area contributed by atoms with E-state index >= 15 is 0 Å². The highest BCUT2D eigenvalue weighted by Crippen LogP contribution is 2.39. The number of anilines is 2. The van der Waals surface area contributed by atoms with Crippen LogP contribution < -0.4 is 15.5 Å². The van der Waals surface area contributed by atoms with Gasteiger partial charge in [-0.1, -0.05) is 24.1 Å². The molecule has 2 aromatic heterocycles. The number of hydrogen-bond donors (Lipinski definition) is 2. The molecule has 1 atom stereocenters. The quantitative estimate of drug-likeness (QED) is 0.166. The molecule has 2 N–H and O–H groups in total. The number of alkyl halides is 3. The molecule has 1 unspecified atom stereocenters. The van der Waals surface area contributed by atoms with Gasteiger partial charge in [0.05, 0.1) is 11.8 Å². The van der Waals surface area contributed by atoms with Crippen LogP contribution in [0.25, 0.3) is 5.65 Å². The van der Waals surface area contributed by atoms with Crippen molar-refractivity contribution < 1.29 is 32.3 Å². The number of carbonyl (C=O) groups excluding carboxylic acids is 4. The molecule has 0 aliphatic carbocycles. The number of imidazole rings is 1. The summed E-state index contributed by atoms with van der Waals surface area (Å²) in [6, 6.07) is 17.9. The summed E-state index contributed by atoms with van der Waals surface area (Å²) in [5.41, 5.74) is 4.81. The van der Waals surface area contributed by atoms with Gasteiger partial charge in [0.25, 0.3) is 11.8 Å². The van der Waals surface area contributed by atoms with Crippen molar-refractivity contribution in [2.75, 3.05) is 49.5 Å². The fraction of sp³-hybridized carbons (Fsp3) is 0.348. The normalized spacial score (nSPS) is 19.0. The van der Waals surface area contributed by atoms with Gasteiger partial charge in [-0.3, -0.25) is 34.3 Å². The molecule has 9 rings (SSSR count). The first-order valence-electron chi connectivity index (χ1n) is 20.8. The van der Waals surface area contributed by atoms with Gasteiger partial charge in [0.15, 0.2) is 5.65 Å². The number of aromatic nitrogens is 3. The zero-order valence-corrected chi connectivity index (χ0v) is 34.0. The zero-order valence-electron chi connectivity index (χ0n) is 34.0. The summed E-state index contributed by atoms with van der Waals surface area (Å²) in [6.45, 7) is 6.64. The molecule has 6 heterocycles. The van der Waals surface area contributed by atoms with Gasteiger partial charge in [-0.05, 0) is 110 Å². The third-order valence-corrected chi connectivity index (χ3v) is 12.5. The average Bonchev–Trinajstić information content (AvgIpc) is 3.84. The Bertz CT molecular complexity index is 2650. The number of benzene rings is 3. The van der Waals surface area contributed by atoms with Gasteiger partial charge in [0, 0.05) is 86.0 Å². The fourth-order valence-electron chi connectivity index (χ4n) is 9.07. The minimum atomic E-state index is -4.64. The lowest BCUT2D eigenvalue weighted by Gasteiger charge is -2.43. The van der Waals surface area contributed by atoms with E-state index in [1.54, 1.807) is 57.0 Å². The number of piperidine rings is 2. The van der Waals surface area contributed by atoms with Crippen LogP contribution >= 0.6 is 0 Å². The van der Waals surface area contributed by atoms with Crippen molar-refractivity contribution in [1.29, 1.82) is 0 Å². The van der Waals surface area contributed by atoms with E-state index in [9.17, 15) is 32.3 Å². The lowest BCUT2D eigenvalue weighted by Crippen LogP contribution is -2.53. The number of nitrogens with one attached hydrogen (secondary N) is 2. The van der Waals surface area contributed by atoms with Crippen LogP contribution in [0, 0.1) is 18.8 Å². The summed E-state index contributed by atoms with van der Waals surface area (Å²) in [4.78, 5) is 63.3. The van der Waals surface area contributed by atoms with Crippen LogP contribution in [0.5, 0.6) is 0 Å². The summed E-state index contributed by atoms with van der Waals surface area (Å²) >= 11 is 0. The first kappa shape index (κ1) is 40.8. The molecule has 0 radical (unpaired) electrons. The summed E-state index contributed by atoms with van der Waals surface area (Å²) in [5, 5.41) is 9.28. The van der Waals surface area contributed by atoms with Crippen LogP contribution in [0.1, 0.15) is 79.9 Å². The second-order valence-electron chi connectivity index (χ2n) is 16.3. The molecule has 3 aromatic carbocycles. The number of imide groups is 1. The molecule has 4 amide bonds. The number of halogens is 3. The smallest absolute Gasteiger partial charge is 0.368 e. The highest BCUT2D eigenvalue weighted by Gasteiger charge is 2.40. The van der Waals surface area contributed by atoms with Gasteiger partial charge in [-0.2, -0.15) is 18.3 Å². The topological polar surface area (TPSA) is 135 Å². The number of amides is 4. The number of carbonyl (C=O) groups is 4. The summed E-state index contributed by atoms with van der Waals surface area (Å²) in [6.07, 6.45) is 0.941. The van der Waals surface area contributed by atoms with E-state index in [2.05, 4.69) is 42.4 Å². The summed E-state index contributed by atoms with van der Waals surface area (Å²) in [5.74, 6) is 4.64. The van der Waals surface area contributed by atoms with Crippen molar-refractivity contribution in [3.63, 3.8) is 0 Å². The van der Waals surface area contributed by atoms with Gasteiger partial charge in [0.2, 0.25) is 11.8 Å². The van der Waals surface area contributed by atoms with E-state index in [0.717, 1.165) is 48.7 Å². The molecule has 3 saturated heterocycles. The molecule has 318 valence electrons. The van der Waals surface area contributed by atoms with Gasteiger partial charge in [0.1, 0.15) is 11.7 Å². The second kappa shape index (κ2) is 16.7. The summed E-state index contributed by atoms with van der Waals surface area (Å²) in [7, 11) is 0. The molecule has 62 heavy (non-hydrogen) atoms. The van der Waals surface area contributed by atoms with Crippen LogP contribution in [0.3, 0.4) is 0 Å². The fourth-order valence-corrected chi connectivity index (χ4v) is 9.07. The number of nitrogens with zero attached hydrogens (tertiary/aromatic N) is 7. The van der Waals surface area contributed by atoms with Crippen LogP contribution in [-0.4, -0.2) is 104 Å². The highest BCUT2D eigenvalue weighted by atomic mass is 19.4. The van der Waals surface area contributed by atoms with Crippen molar-refractivity contribution in [1.82, 2.24) is 34.6 Å². The third kappa shape index (κ3) is 8.25. The van der Waals surface area contributed by atoms with Crippen LogP contribution in [-0.2, 0) is 28.9 Å². The molecule has 0 spiro atoms. The average molecular weight is 844 g/mol. The highest BCUT2D eigenvalue weighted by molar-refractivity contribution is 6.06. The number of aryl methyl sites for hydroxylation is 1. The Hall–Kier alpha value is -6.57. The van der Waals surface area contributed by atoms with Crippen molar-refractivity contribution in [2.45, 2.75) is 64.0 Å². The lowest BCUT2D eigenvalue weighted by atomic mass is 9.99. The van der Waals surface area contributed by atoms with Gasteiger partial charge >= 0.3 is 6.18 Å². The van der Waals surface area contributed by atoms with Crippen molar-refractivity contribution in [2.24, 2.45) is 0 Å². The standard InChI is InChI=1S/C46H44F3N9O4/c1-29-7-8-31(24-30(29)9-11-35-26-50-41-6-3-17-51-58(35)41)43(60)52-33-10-12-39(38(25-33)46(47,48)49)56-22-20-55(21-23-56)34-15-18-54(19-16-34)27-32-4-2-5-36-37(32)28-57(45(36)62)40-13-14-42(59)53-44(40)61/h2-8,10,12,17,24-26,34,40H,13-16,18-23,27-28H2,1H3,(H,52,60)(H,53,59,61). The van der Waals surface area contributed by atoms with Crippen LogP contribution in [0.15, 0.2) is 79.1 Å². The molecule has 3 fully saturated rings. The lowest BCUT2D eigenvalue weighted by molar-refractivity contribution is -0.138. The molecule has 4 aliphatic rings. The first-order chi connectivity index (χ1) is 29.9. The molecule has 4 aliphatic heterocycles. The molecule has 13 nitrogen and oxygen atoms in total. The third-order valence-electron chi connectivity index (χ3n) is 12.5. The first-order valence-corrected chi connectivity index (χ1v) is 20.8. The van der Waals surface area contributed by atoms with E-state index in [1.807, 2.05) is 25.1 Å². The monoisotopic (exact) mass is 843 g/mol. The molecular weight excluding hydrogens is 800 g/mol. The van der Waals surface area contributed by atoms with E-state index in [0.29, 0.717) is 74.2 Å². The maximum absolute atomic E-state index is 14.6. The Labute approximate surface area is 355 Å².